The smallest absolute Gasteiger partial charge is 0.0926 e. The summed E-state index contributed by atoms with van der Waals surface area (Å²) in [5, 5.41) is 3.31. The first kappa shape index (κ1) is 14.0. The number of ether oxygens (including phenoxy) is 1. The standard InChI is InChI=1S/C14H24N2OS/c1-2-14-16-13(10-18-14)9-17-8-12-6-4-3-5-11(12)7-15/h10-12H,2-9,15H2,1H3. The van der Waals surface area contributed by atoms with E-state index < -0.39 is 0 Å². The van der Waals surface area contributed by atoms with Gasteiger partial charge in [0, 0.05) is 5.38 Å². The molecule has 2 rings (SSSR count). The Hall–Kier alpha value is -0.450. The molecule has 1 aromatic rings. The molecule has 18 heavy (non-hydrogen) atoms. The van der Waals surface area contributed by atoms with Gasteiger partial charge in [0.25, 0.3) is 0 Å². The third kappa shape index (κ3) is 3.77. The first-order chi connectivity index (χ1) is 8.83. The minimum Gasteiger partial charge on any atom is -0.375 e. The molecule has 3 nitrogen and oxygen atoms in total. The summed E-state index contributed by atoms with van der Waals surface area (Å²) in [5.74, 6) is 1.33. The molecule has 1 aliphatic rings. The first-order valence-corrected chi connectivity index (χ1v) is 7.92. The Balaban J connectivity index is 1.73. The van der Waals surface area contributed by atoms with Crippen molar-refractivity contribution in [2.45, 2.75) is 45.6 Å². The lowest BCUT2D eigenvalue weighted by atomic mass is 9.80. The number of aromatic nitrogens is 1. The van der Waals surface area contributed by atoms with Crippen molar-refractivity contribution in [3.8, 4) is 0 Å². The van der Waals surface area contributed by atoms with E-state index in [2.05, 4.69) is 17.3 Å². The Morgan fingerprint density at radius 2 is 2.17 bits per heavy atom. The molecule has 1 aromatic heterocycles. The highest BCUT2D eigenvalue weighted by Gasteiger charge is 2.23. The highest BCUT2D eigenvalue weighted by molar-refractivity contribution is 7.09. The molecule has 1 fully saturated rings. The Morgan fingerprint density at radius 3 is 2.83 bits per heavy atom. The van der Waals surface area contributed by atoms with E-state index in [1.807, 2.05) is 0 Å². The molecule has 2 N–H and O–H groups in total. The van der Waals surface area contributed by atoms with E-state index in [4.69, 9.17) is 10.5 Å². The Bertz CT molecular complexity index is 353. The SMILES string of the molecule is CCc1nc(COCC2CCCCC2CN)cs1. The normalized spacial score (nSPS) is 24.3. The zero-order chi connectivity index (χ0) is 12.8. The molecule has 0 spiro atoms. The maximum Gasteiger partial charge on any atom is 0.0926 e. The van der Waals surface area contributed by atoms with Gasteiger partial charge in [0.15, 0.2) is 0 Å². The maximum absolute atomic E-state index is 5.84. The van der Waals surface area contributed by atoms with E-state index >= 15 is 0 Å². The fraction of sp³-hybridized carbons (Fsp3) is 0.786. The monoisotopic (exact) mass is 268 g/mol. The minimum atomic E-state index is 0.657. The minimum absolute atomic E-state index is 0.657. The summed E-state index contributed by atoms with van der Waals surface area (Å²) in [6.45, 7) is 4.45. The molecular weight excluding hydrogens is 244 g/mol. The van der Waals surface area contributed by atoms with Crippen LogP contribution in [0.3, 0.4) is 0 Å². The molecule has 0 saturated heterocycles. The van der Waals surface area contributed by atoms with Crippen molar-refractivity contribution >= 4 is 11.3 Å². The summed E-state index contributed by atoms with van der Waals surface area (Å²) in [5.41, 5.74) is 6.91. The van der Waals surface area contributed by atoms with Crippen LogP contribution in [0.2, 0.25) is 0 Å². The second-order valence-electron chi connectivity index (χ2n) is 5.14. The van der Waals surface area contributed by atoms with Crippen molar-refractivity contribution < 1.29 is 4.74 Å². The van der Waals surface area contributed by atoms with Crippen molar-refractivity contribution in [2.24, 2.45) is 17.6 Å². The van der Waals surface area contributed by atoms with Crippen molar-refractivity contribution in [1.82, 2.24) is 4.98 Å². The van der Waals surface area contributed by atoms with E-state index in [1.165, 1.54) is 30.7 Å². The lowest BCUT2D eigenvalue weighted by molar-refractivity contribution is 0.0499. The Kier molecular flexibility index (Phi) is 5.60. The molecule has 0 radical (unpaired) electrons. The van der Waals surface area contributed by atoms with Gasteiger partial charge < -0.3 is 10.5 Å². The first-order valence-electron chi connectivity index (χ1n) is 7.04. The third-order valence-electron chi connectivity index (χ3n) is 3.85. The Labute approximate surface area is 114 Å². The molecule has 4 heteroatoms. The molecule has 0 aromatic carbocycles. The van der Waals surface area contributed by atoms with E-state index in [0.29, 0.717) is 18.4 Å². The van der Waals surface area contributed by atoms with Gasteiger partial charge in [-0.2, -0.15) is 0 Å². The lowest BCUT2D eigenvalue weighted by Gasteiger charge is -2.30. The summed E-state index contributed by atoms with van der Waals surface area (Å²) in [7, 11) is 0. The van der Waals surface area contributed by atoms with E-state index in [-0.39, 0.29) is 0 Å². The van der Waals surface area contributed by atoms with Crippen LogP contribution in [0, 0.1) is 11.8 Å². The average Bonchev–Trinajstić information content (AvgIpc) is 2.87. The lowest BCUT2D eigenvalue weighted by Crippen LogP contribution is -2.29. The average molecular weight is 268 g/mol. The summed E-state index contributed by atoms with van der Waals surface area (Å²) in [6, 6.07) is 0. The predicted molar refractivity (Wildman–Crippen MR) is 75.7 cm³/mol. The summed E-state index contributed by atoms with van der Waals surface area (Å²) in [4.78, 5) is 4.52. The van der Waals surface area contributed by atoms with Crippen LogP contribution in [0.25, 0.3) is 0 Å². The summed E-state index contributed by atoms with van der Waals surface area (Å²) < 4.78 is 5.84. The van der Waals surface area contributed by atoms with Gasteiger partial charge in [0.2, 0.25) is 0 Å². The van der Waals surface area contributed by atoms with Gasteiger partial charge in [-0.25, -0.2) is 4.98 Å². The molecule has 2 unspecified atom stereocenters. The summed E-state index contributed by atoms with van der Waals surface area (Å²) in [6.07, 6.45) is 6.24. The topological polar surface area (TPSA) is 48.1 Å². The van der Waals surface area contributed by atoms with Gasteiger partial charge in [-0.1, -0.05) is 19.8 Å². The highest BCUT2D eigenvalue weighted by Crippen LogP contribution is 2.29. The van der Waals surface area contributed by atoms with Crippen molar-refractivity contribution in [3.05, 3.63) is 16.1 Å². The van der Waals surface area contributed by atoms with Gasteiger partial charge in [0.1, 0.15) is 0 Å². The largest absolute Gasteiger partial charge is 0.375 e. The number of thiazole rings is 1. The van der Waals surface area contributed by atoms with Crippen LogP contribution in [0.1, 0.15) is 43.3 Å². The van der Waals surface area contributed by atoms with Gasteiger partial charge in [-0.3, -0.25) is 0 Å². The van der Waals surface area contributed by atoms with E-state index in [0.717, 1.165) is 25.3 Å². The molecule has 0 aliphatic heterocycles. The zero-order valence-corrected chi connectivity index (χ0v) is 12.0. The van der Waals surface area contributed by atoms with Gasteiger partial charge in [0.05, 0.1) is 23.9 Å². The quantitative estimate of drug-likeness (QED) is 0.863. The molecular formula is C14H24N2OS. The van der Waals surface area contributed by atoms with E-state index in [9.17, 15) is 0 Å². The predicted octanol–water partition coefficient (Wildman–Crippen LogP) is 2.99. The number of nitrogens with zero attached hydrogens (tertiary/aromatic N) is 1. The molecule has 102 valence electrons. The van der Waals surface area contributed by atoms with Gasteiger partial charge in [-0.15, -0.1) is 11.3 Å². The molecule has 0 bridgehead atoms. The van der Waals surface area contributed by atoms with Crippen LogP contribution in [0.15, 0.2) is 5.38 Å². The molecule has 1 heterocycles. The fourth-order valence-electron chi connectivity index (χ4n) is 2.71. The van der Waals surface area contributed by atoms with E-state index in [1.54, 1.807) is 11.3 Å². The molecule has 1 saturated carbocycles. The van der Waals surface area contributed by atoms with Crippen LogP contribution in [-0.4, -0.2) is 18.1 Å². The van der Waals surface area contributed by atoms with Crippen LogP contribution in [0.4, 0.5) is 0 Å². The molecule has 1 aliphatic carbocycles. The van der Waals surface area contributed by atoms with Crippen LogP contribution in [-0.2, 0) is 17.8 Å². The molecule has 0 amide bonds. The number of aryl methyl sites for hydroxylation is 1. The number of nitrogens with two attached hydrogens (primary N) is 1. The summed E-state index contributed by atoms with van der Waals surface area (Å²) >= 11 is 1.73. The van der Waals surface area contributed by atoms with Crippen molar-refractivity contribution in [3.63, 3.8) is 0 Å². The van der Waals surface area contributed by atoms with Crippen molar-refractivity contribution in [2.75, 3.05) is 13.2 Å². The van der Waals surface area contributed by atoms with Gasteiger partial charge in [-0.05, 0) is 37.6 Å². The van der Waals surface area contributed by atoms with Crippen LogP contribution in [0.5, 0.6) is 0 Å². The van der Waals surface area contributed by atoms with Crippen LogP contribution < -0.4 is 5.73 Å². The second-order valence-corrected chi connectivity index (χ2v) is 6.08. The zero-order valence-electron chi connectivity index (χ0n) is 11.2. The van der Waals surface area contributed by atoms with Gasteiger partial charge >= 0.3 is 0 Å². The fourth-order valence-corrected chi connectivity index (χ4v) is 3.44. The second kappa shape index (κ2) is 7.22. The Morgan fingerprint density at radius 1 is 1.39 bits per heavy atom. The third-order valence-corrected chi connectivity index (χ3v) is 4.89. The van der Waals surface area contributed by atoms with Crippen LogP contribution >= 0.6 is 11.3 Å². The highest BCUT2D eigenvalue weighted by atomic mass is 32.1. The number of hydrogen-bond acceptors (Lipinski definition) is 4. The number of rotatable bonds is 6. The maximum atomic E-state index is 5.84. The molecule has 2 atom stereocenters. The number of hydrogen-bond donors (Lipinski definition) is 1. The van der Waals surface area contributed by atoms with Crippen molar-refractivity contribution in [1.29, 1.82) is 0 Å².